The number of hydrogen-bond donors (Lipinski definition) is 1. The van der Waals surface area contributed by atoms with Crippen molar-refractivity contribution in [3.63, 3.8) is 0 Å². The van der Waals surface area contributed by atoms with Crippen LogP contribution >= 0.6 is 0 Å². The van der Waals surface area contributed by atoms with Crippen LogP contribution in [-0.4, -0.2) is 44.1 Å². The number of methoxy groups -OCH3 is 4. The summed E-state index contributed by atoms with van der Waals surface area (Å²) in [5.74, 6) is 0.509. The third-order valence-electron chi connectivity index (χ3n) is 5.42. The maximum absolute atomic E-state index is 12.9. The number of aryl methyl sites for hydroxylation is 1. The zero-order valence-corrected chi connectivity index (χ0v) is 18.1. The molecule has 9 heteroatoms. The SMILES string of the molecule is COc1ccc(-c2c(C(=O)O)n(C)c3c(=O)oc4cc(OC)c(OC)cc4c23)cc1OC. The molecule has 0 amide bonds. The van der Waals surface area contributed by atoms with Crippen molar-refractivity contribution in [1.29, 1.82) is 0 Å². The first-order valence-corrected chi connectivity index (χ1v) is 9.53. The van der Waals surface area contributed by atoms with Crippen LogP contribution < -0.4 is 24.6 Å². The van der Waals surface area contributed by atoms with Gasteiger partial charge in [0.1, 0.15) is 16.8 Å². The van der Waals surface area contributed by atoms with E-state index in [1.165, 1.54) is 40.1 Å². The molecule has 32 heavy (non-hydrogen) atoms. The van der Waals surface area contributed by atoms with E-state index in [-0.39, 0.29) is 16.8 Å². The Morgan fingerprint density at radius 1 is 0.906 bits per heavy atom. The average Bonchev–Trinajstić information content (AvgIpc) is 3.11. The first-order chi connectivity index (χ1) is 15.4. The molecule has 2 aromatic carbocycles. The van der Waals surface area contributed by atoms with E-state index in [9.17, 15) is 14.7 Å². The molecule has 9 nitrogen and oxygen atoms in total. The van der Waals surface area contributed by atoms with Crippen LogP contribution in [0.3, 0.4) is 0 Å². The third-order valence-corrected chi connectivity index (χ3v) is 5.42. The van der Waals surface area contributed by atoms with E-state index in [4.69, 9.17) is 23.4 Å². The van der Waals surface area contributed by atoms with Gasteiger partial charge in [-0.15, -0.1) is 0 Å². The molecule has 0 bridgehead atoms. The molecular formula is C23H21NO8. The van der Waals surface area contributed by atoms with Crippen molar-refractivity contribution in [3.05, 3.63) is 46.4 Å². The van der Waals surface area contributed by atoms with Crippen LogP contribution in [0.2, 0.25) is 0 Å². The van der Waals surface area contributed by atoms with E-state index in [1.54, 1.807) is 30.3 Å². The van der Waals surface area contributed by atoms with Gasteiger partial charge in [-0.05, 0) is 23.8 Å². The number of ether oxygens (including phenoxy) is 4. The summed E-state index contributed by atoms with van der Waals surface area (Å²) >= 11 is 0. The first kappa shape index (κ1) is 21.1. The molecule has 0 unspecified atom stereocenters. The largest absolute Gasteiger partial charge is 0.493 e. The summed E-state index contributed by atoms with van der Waals surface area (Å²) < 4.78 is 28.3. The van der Waals surface area contributed by atoms with Crippen LogP contribution in [0.5, 0.6) is 23.0 Å². The summed E-state index contributed by atoms with van der Waals surface area (Å²) in [5.41, 5.74) is 0.503. The summed E-state index contributed by atoms with van der Waals surface area (Å²) in [6.45, 7) is 0. The lowest BCUT2D eigenvalue weighted by atomic mass is 9.99. The minimum absolute atomic E-state index is 0.0678. The van der Waals surface area contributed by atoms with Gasteiger partial charge in [0, 0.05) is 29.4 Å². The summed E-state index contributed by atoms with van der Waals surface area (Å²) in [6.07, 6.45) is 0. The van der Waals surface area contributed by atoms with E-state index in [0.29, 0.717) is 44.9 Å². The van der Waals surface area contributed by atoms with Crippen molar-refractivity contribution in [2.24, 2.45) is 7.05 Å². The molecule has 0 aliphatic rings. The lowest BCUT2D eigenvalue weighted by molar-refractivity contribution is 0.0688. The monoisotopic (exact) mass is 439 g/mol. The van der Waals surface area contributed by atoms with Crippen molar-refractivity contribution in [2.75, 3.05) is 28.4 Å². The number of fused-ring (bicyclic) bond motifs is 3. The van der Waals surface area contributed by atoms with Crippen LogP contribution in [0.1, 0.15) is 10.5 Å². The highest BCUT2D eigenvalue weighted by atomic mass is 16.5. The van der Waals surface area contributed by atoms with Gasteiger partial charge in [0.15, 0.2) is 23.0 Å². The first-order valence-electron chi connectivity index (χ1n) is 9.53. The Bertz CT molecular complexity index is 1430. The molecule has 2 aromatic heterocycles. The molecule has 0 fully saturated rings. The summed E-state index contributed by atoms with van der Waals surface area (Å²) in [5, 5.41) is 11.0. The van der Waals surface area contributed by atoms with Gasteiger partial charge in [0.25, 0.3) is 0 Å². The number of carbonyl (C=O) groups is 1. The Morgan fingerprint density at radius 3 is 2.09 bits per heavy atom. The van der Waals surface area contributed by atoms with Crippen LogP contribution in [0, 0.1) is 0 Å². The highest BCUT2D eigenvalue weighted by Crippen LogP contribution is 2.43. The van der Waals surface area contributed by atoms with E-state index >= 15 is 0 Å². The smallest absolute Gasteiger partial charge is 0.361 e. The number of rotatable bonds is 6. The summed E-state index contributed by atoms with van der Waals surface area (Å²) in [6, 6.07) is 8.26. The number of hydrogen-bond acceptors (Lipinski definition) is 7. The Morgan fingerprint density at radius 2 is 1.50 bits per heavy atom. The lowest BCUT2D eigenvalue weighted by Gasteiger charge is -2.11. The van der Waals surface area contributed by atoms with Gasteiger partial charge in [0.2, 0.25) is 0 Å². The Labute approximate surface area is 182 Å². The molecule has 0 saturated heterocycles. The highest BCUT2D eigenvalue weighted by molar-refractivity contribution is 6.17. The fourth-order valence-electron chi connectivity index (χ4n) is 4.00. The van der Waals surface area contributed by atoms with Crippen LogP contribution in [0.25, 0.3) is 33.0 Å². The van der Waals surface area contributed by atoms with Gasteiger partial charge in [-0.25, -0.2) is 9.59 Å². The number of aromatic carboxylic acids is 1. The standard InChI is InChI=1S/C23H21NO8/c1-24-20(22(25)26)18(11-6-7-13(28-2)15(8-11)29-3)19-12-9-16(30-4)17(31-5)10-14(12)32-23(27)21(19)24/h6-10H,1-5H3,(H,25,26). The number of nitrogens with zero attached hydrogens (tertiary/aromatic N) is 1. The Kier molecular flexibility index (Phi) is 5.17. The second kappa shape index (κ2) is 7.84. The number of carboxylic acid groups (broad SMARTS) is 1. The minimum Gasteiger partial charge on any atom is -0.493 e. The van der Waals surface area contributed by atoms with Gasteiger partial charge >= 0.3 is 11.6 Å². The molecule has 4 aromatic rings. The van der Waals surface area contributed by atoms with Gasteiger partial charge in [-0.2, -0.15) is 0 Å². The molecule has 4 rings (SSSR count). The van der Waals surface area contributed by atoms with E-state index < -0.39 is 11.6 Å². The van der Waals surface area contributed by atoms with Crippen LogP contribution in [0.15, 0.2) is 39.5 Å². The maximum Gasteiger partial charge on any atom is 0.361 e. The average molecular weight is 439 g/mol. The predicted octanol–water partition coefficient (Wildman–Crippen LogP) is 3.68. The molecule has 0 saturated carbocycles. The zero-order chi connectivity index (χ0) is 23.2. The van der Waals surface area contributed by atoms with Crippen molar-refractivity contribution in [1.82, 2.24) is 4.57 Å². The number of aromatic nitrogens is 1. The molecule has 166 valence electrons. The highest BCUT2D eigenvalue weighted by Gasteiger charge is 2.27. The Balaban J connectivity index is 2.24. The number of benzene rings is 2. The minimum atomic E-state index is -1.19. The molecule has 0 atom stereocenters. The molecule has 0 aliphatic heterocycles. The summed E-state index contributed by atoms with van der Waals surface area (Å²) in [7, 11) is 7.48. The van der Waals surface area contributed by atoms with E-state index in [2.05, 4.69) is 0 Å². The number of carboxylic acids is 1. The molecule has 0 spiro atoms. The molecule has 0 aliphatic carbocycles. The van der Waals surface area contributed by atoms with Gasteiger partial charge in [-0.1, -0.05) is 6.07 Å². The van der Waals surface area contributed by atoms with Crippen molar-refractivity contribution in [3.8, 4) is 34.1 Å². The van der Waals surface area contributed by atoms with Crippen molar-refractivity contribution < 1.29 is 33.3 Å². The maximum atomic E-state index is 12.9. The summed E-state index contributed by atoms with van der Waals surface area (Å²) in [4.78, 5) is 25.2. The van der Waals surface area contributed by atoms with E-state index in [1.807, 2.05) is 0 Å². The van der Waals surface area contributed by atoms with Gasteiger partial charge in [-0.3, -0.25) is 0 Å². The molecular weight excluding hydrogens is 418 g/mol. The van der Waals surface area contributed by atoms with Crippen molar-refractivity contribution in [2.45, 2.75) is 0 Å². The lowest BCUT2D eigenvalue weighted by Crippen LogP contribution is -2.09. The van der Waals surface area contributed by atoms with E-state index in [0.717, 1.165) is 0 Å². The van der Waals surface area contributed by atoms with Crippen LogP contribution in [0.4, 0.5) is 0 Å². The molecule has 1 N–H and O–H groups in total. The molecule has 0 radical (unpaired) electrons. The van der Waals surface area contributed by atoms with Gasteiger partial charge < -0.3 is 33.0 Å². The van der Waals surface area contributed by atoms with Crippen LogP contribution in [-0.2, 0) is 7.05 Å². The fourth-order valence-corrected chi connectivity index (χ4v) is 4.00. The second-order valence-electron chi connectivity index (χ2n) is 6.97. The predicted molar refractivity (Wildman–Crippen MR) is 118 cm³/mol. The quantitative estimate of drug-likeness (QED) is 0.453. The fraction of sp³-hybridized carbons (Fsp3) is 0.217. The zero-order valence-electron chi connectivity index (χ0n) is 18.1. The van der Waals surface area contributed by atoms with Crippen molar-refractivity contribution >= 4 is 27.8 Å². The molecule has 2 heterocycles. The Hall–Kier alpha value is -4.14. The topological polar surface area (TPSA) is 109 Å². The third kappa shape index (κ3) is 3.01. The second-order valence-corrected chi connectivity index (χ2v) is 6.97. The van der Waals surface area contributed by atoms with Gasteiger partial charge in [0.05, 0.1) is 28.4 Å². The normalized spacial score (nSPS) is 11.0.